The molecule has 136 valence electrons. The number of aliphatic carboxylic acids is 1. The van der Waals surface area contributed by atoms with Crippen LogP contribution in [0.25, 0.3) is 0 Å². The highest BCUT2D eigenvalue weighted by Gasteiger charge is 2.40. The molecule has 1 aromatic rings. The van der Waals surface area contributed by atoms with Crippen molar-refractivity contribution >= 4 is 11.9 Å². The number of carboxylic acids is 1. The molecule has 2 heterocycles. The number of hydrogen-bond donors (Lipinski definition) is 1. The van der Waals surface area contributed by atoms with Crippen LogP contribution >= 0.6 is 0 Å². The van der Waals surface area contributed by atoms with Crippen molar-refractivity contribution < 1.29 is 19.4 Å². The second-order valence-corrected chi connectivity index (χ2v) is 7.13. The molecule has 0 bridgehead atoms. The van der Waals surface area contributed by atoms with Gasteiger partial charge in [0, 0.05) is 26.1 Å². The minimum absolute atomic E-state index is 0.173. The van der Waals surface area contributed by atoms with Crippen molar-refractivity contribution in [2.24, 2.45) is 11.8 Å². The van der Waals surface area contributed by atoms with E-state index in [2.05, 4.69) is 12.1 Å². The molecule has 2 aliphatic rings. The Morgan fingerprint density at radius 1 is 1.12 bits per heavy atom. The number of carboxylic acid groups (broad SMARTS) is 1. The first-order valence-electron chi connectivity index (χ1n) is 9.31. The third kappa shape index (κ3) is 4.60. The lowest BCUT2D eigenvalue weighted by Gasteiger charge is -2.35. The van der Waals surface area contributed by atoms with E-state index >= 15 is 0 Å². The Labute approximate surface area is 149 Å². The number of piperidine rings is 1. The summed E-state index contributed by atoms with van der Waals surface area (Å²) in [5.41, 5.74) is 1.27. The van der Waals surface area contributed by atoms with Crippen molar-refractivity contribution in [3.8, 4) is 0 Å². The maximum absolute atomic E-state index is 12.4. The Hall–Kier alpha value is -1.88. The summed E-state index contributed by atoms with van der Waals surface area (Å²) in [6.07, 6.45) is 4.51. The minimum Gasteiger partial charge on any atom is -0.481 e. The summed E-state index contributed by atoms with van der Waals surface area (Å²) >= 11 is 0. The van der Waals surface area contributed by atoms with Crippen molar-refractivity contribution in [1.82, 2.24) is 4.90 Å². The molecule has 2 atom stereocenters. The second-order valence-electron chi connectivity index (χ2n) is 7.13. The van der Waals surface area contributed by atoms with Crippen molar-refractivity contribution in [1.29, 1.82) is 0 Å². The first kappa shape index (κ1) is 17.9. The van der Waals surface area contributed by atoms with E-state index in [4.69, 9.17) is 4.74 Å². The van der Waals surface area contributed by atoms with Crippen LogP contribution < -0.4 is 0 Å². The van der Waals surface area contributed by atoms with Gasteiger partial charge in [0.25, 0.3) is 0 Å². The number of likely N-dealkylation sites (tertiary alicyclic amines) is 1. The highest BCUT2D eigenvalue weighted by Crippen LogP contribution is 2.33. The molecule has 0 radical (unpaired) electrons. The Morgan fingerprint density at radius 3 is 2.52 bits per heavy atom. The van der Waals surface area contributed by atoms with Crippen molar-refractivity contribution in [3.05, 3.63) is 35.9 Å². The molecule has 2 saturated heterocycles. The van der Waals surface area contributed by atoms with Crippen LogP contribution in [0.1, 0.15) is 37.7 Å². The van der Waals surface area contributed by atoms with E-state index in [1.54, 1.807) is 0 Å². The Kier molecular flexibility index (Phi) is 6.08. The number of carbonyl (C=O) groups excluding carboxylic acids is 1. The molecule has 2 fully saturated rings. The van der Waals surface area contributed by atoms with Crippen molar-refractivity contribution in [2.75, 3.05) is 19.7 Å². The van der Waals surface area contributed by atoms with Gasteiger partial charge in [-0.3, -0.25) is 9.59 Å². The summed E-state index contributed by atoms with van der Waals surface area (Å²) in [5, 5.41) is 9.30. The molecule has 0 spiro atoms. The Bertz CT molecular complexity index is 581. The molecule has 0 aliphatic carbocycles. The summed E-state index contributed by atoms with van der Waals surface area (Å²) in [6.45, 7) is 1.99. The highest BCUT2D eigenvalue weighted by molar-refractivity contribution is 5.76. The third-order valence-electron chi connectivity index (χ3n) is 5.51. The van der Waals surface area contributed by atoms with E-state index in [1.807, 2.05) is 23.1 Å². The number of carbonyl (C=O) groups is 2. The summed E-state index contributed by atoms with van der Waals surface area (Å²) < 4.78 is 5.69. The minimum atomic E-state index is -0.748. The van der Waals surface area contributed by atoms with E-state index in [1.165, 1.54) is 5.56 Å². The molecule has 1 amide bonds. The van der Waals surface area contributed by atoms with Gasteiger partial charge < -0.3 is 14.7 Å². The summed E-state index contributed by atoms with van der Waals surface area (Å²) in [7, 11) is 0. The molecule has 1 N–H and O–H groups in total. The molecule has 1 aromatic carbocycles. The summed E-state index contributed by atoms with van der Waals surface area (Å²) in [6, 6.07) is 10.2. The van der Waals surface area contributed by atoms with Crippen LogP contribution in [0.3, 0.4) is 0 Å². The number of nitrogens with zero attached hydrogens (tertiary/aromatic N) is 1. The van der Waals surface area contributed by atoms with E-state index < -0.39 is 5.97 Å². The van der Waals surface area contributed by atoms with Crippen molar-refractivity contribution in [2.45, 2.75) is 44.6 Å². The van der Waals surface area contributed by atoms with E-state index in [-0.39, 0.29) is 23.8 Å². The van der Waals surface area contributed by atoms with Gasteiger partial charge in [0.1, 0.15) is 0 Å². The number of aryl methyl sites for hydroxylation is 1. The number of rotatable bonds is 6. The van der Waals surface area contributed by atoms with Crippen LogP contribution in [-0.2, 0) is 20.7 Å². The quantitative estimate of drug-likeness (QED) is 0.861. The molecule has 2 aliphatic heterocycles. The van der Waals surface area contributed by atoms with Crippen LogP contribution in [0.5, 0.6) is 0 Å². The van der Waals surface area contributed by atoms with E-state index in [0.717, 1.165) is 38.8 Å². The molecule has 5 heteroatoms. The average molecular weight is 345 g/mol. The highest BCUT2D eigenvalue weighted by atomic mass is 16.5. The average Bonchev–Trinajstić information content (AvgIpc) is 3.13. The van der Waals surface area contributed by atoms with Gasteiger partial charge in [-0.15, -0.1) is 0 Å². The predicted octanol–water partition coefficient (Wildman–Crippen LogP) is 2.74. The molecule has 25 heavy (non-hydrogen) atoms. The zero-order valence-electron chi connectivity index (χ0n) is 14.6. The van der Waals surface area contributed by atoms with Crippen LogP contribution in [0.2, 0.25) is 0 Å². The molecular formula is C20H27NO4. The fourth-order valence-electron chi connectivity index (χ4n) is 4.06. The topological polar surface area (TPSA) is 66.8 Å². The molecule has 5 nitrogen and oxygen atoms in total. The zero-order valence-corrected chi connectivity index (χ0v) is 14.6. The molecule has 3 rings (SSSR count). The van der Waals surface area contributed by atoms with Crippen LogP contribution in [0.15, 0.2) is 30.3 Å². The van der Waals surface area contributed by atoms with Gasteiger partial charge >= 0.3 is 5.97 Å². The van der Waals surface area contributed by atoms with Gasteiger partial charge in [-0.1, -0.05) is 30.3 Å². The third-order valence-corrected chi connectivity index (χ3v) is 5.51. The standard InChI is InChI=1S/C20H27NO4/c22-18(8-4-7-15-5-2-1-3-6-15)21-12-9-16(10-13-21)19-17(20(23)24)11-14-25-19/h1-3,5-6,16-17,19H,4,7-14H2,(H,23,24)/t17?,19-/m0/s1. The van der Waals surface area contributed by atoms with Crippen LogP contribution in [-0.4, -0.2) is 47.7 Å². The van der Waals surface area contributed by atoms with Gasteiger partial charge in [-0.05, 0) is 43.6 Å². The number of hydrogen-bond acceptors (Lipinski definition) is 3. The van der Waals surface area contributed by atoms with E-state index in [0.29, 0.717) is 19.4 Å². The summed E-state index contributed by atoms with van der Waals surface area (Å²) in [4.78, 5) is 25.6. The lowest BCUT2D eigenvalue weighted by Crippen LogP contribution is -2.43. The van der Waals surface area contributed by atoms with E-state index in [9.17, 15) is 14.7 Å². The number of amides is 1. The largest absolute Gasteiger partial charge is 0.481 e. The summed E-state index contributed by atoms with van der Waals surface area (Å²) in [5.74, 6) is -0.645. The van der Waals surface area contributed by atoms with Gasteiger partial charge in [0.2, 0.25) is 5.91 Å². The van der Waals surface area contributed by atoms with Crippen molar-refractivity contribution in [3.63, 3.8) is 0 Å². The fraction of sp³-hybridized carbons (Fsp3) is 0.600. The number of ether oxygens (including phenoxy) is 1. The van der Waals surface area contributed by atoms with Gasteiger partial charge in [0.15, 0.2) is 0 Å². The second kappa shape index (κ2) is 8.48. The van der Waals surface area contributed by atoms with Gasteiger partial charge in [-0.25, -0.2) is 0 Å². The van der Waals surface area contributed by atoms with Gasteiger partial charge in [-0.2, -0.15) is 0 Å². The smallest absolute Gasteiger partial charge is 0.309 e. The SMILES string of the molecule is O=C(O)C1CCO[C@H]1C1CCN(C(=O)CCCc2ccccc2)CC1. The first-order chi connectivity index (χ1) is 12.1. The van der Waals surface area contributed by atoms with Crippen LogP contribution in [0.4, 0.5) is 0 Å². The Morgan fingerprint density at radius 2 is 1.84 bits per heavy atom. The normalized spacial score (nSPS) is 24.4. The van der Waals surface area contributed by atoms with Gasteiger partial charge in [0.05, 0.1) is 12.0 Å². The molecule has 1 unspecified atom stereocenters. The lowest BCUT2D eigenvalue weighted by atomic mass is 9.84. The first-order valence-corrected chi connectivity index (χ1v) is 9.31. The maximum atomic E-state index is 12.4. The molecule has 0 saturated carbocycles. The maximum Gasteiger partial charge on any atom is 0.309 e. The van der Waals surface area contributed by atoms with Crippen LogP contribution in [0, 0.1) is 11.8 Å². The monoisotopic (exact) mass is 345 g/mol. The lowest BCUT2D eigenvalue weighted by molar-refractivity contribution is -0.146. The molecular weight excluding hydrogens is 318 g/mol. The predicted molar refractivity (Wildman–Crippen MR) is 94.2 cm³/mol. The number of benzene rings is 1. The molecule has 0 aromatic heterocycles. The Balaban J connectivity index is 1.41. The fourth-order valence-corrected chi connectivity index (χ4v) is 4.06. The zero-order chi connectivity index (χ0) is 17.6.